The number of nitrogens with zero attached hydrogens (tertiary/aromatic N) is 1. The molecule has 1 rings (SSSR count). The van der Waals surface area contributed by atoms with Gasteiger partial charge in [0.1, 0.15) is 6.61 Å². The Labute approximate surface area is 95.9 Å². The van der Waals surface area contributed by atoms with Crippen LogP contribution in [0.1, 0.15) is 38.5 Å². The van der Waals surface area contributed by atoms with E-state index in [-0.39, 0.29) is 18.9 Å². The summed E-state index contributed by atoms with van der Waals surface area (Å²) in [4.78, 5) is 23.9. The monoisotopic (exact) mass is 228 g/mol. The Bertz CT molecular complexity index is 235. The molecule has 0 radical (unpaired) electrons. The highest BCUT2D eigenvalue weighted by Gasteiger charge is 2.14. The third kappa shape index (κ3) is 5.00. The highest BCUT2D eigenvalue weighted by molar-refractivity contribution is 5.76. The predicted molar refractivity (Wildman–Crippen MR) is 59.8 cm³/mol. The normalized spacial score (nSPS) is 17.4. The van der Waals surface area contributed by atoms with Gasteiger partial charge in [-0.15, -0.1) is 0 Å². The molecule has 0 saturated carbocycles. The second kappa shape index (κ2) is 7.09. The molecule has 0 aromatic rings. The Kier molecular flexibility index (Phi) is 5.67. The first kappa shape index (κ1) is 12.8. The molecular formula is C11H20N2O3. The Morgan fingerprint density at radius 1 is 1.06 bits per heavy atom. The smallest absolute Gasteiger partial charge is 0.404 e. The summed E-state index contributed by atoms with van der Waals surface area (Å²) in [5, 5.41) is 0. The molecule has 0 aromatic carbocycles. The van der Waals surface area contributed by atoms with Gasteiger partial charge in [0.05, 0.1) is 6.42 Å². The first-order valence-electron chi connectivity index (χ1n) is 5.90. The van der Waals surface area contributed by atoms with Crippen molar-refractivity contribution in [3.63, 3.8) is 0 Å². The van der Waals surface area contributed by atoms with Crippen molar-refractivity contribution in [1.29, 1.82) is 0 Å². The van der Waals surface area contributed by atoms with Crippen molar-refractivity contribution in [1.82, 2.24) is 4.90 Å². The van der Waals surface area contributed by atoms with Gasteiger partial charge in [-0.3, -0.25) is 4.79 Å². The molecule has 1 fully saturated rings. The number of carbonyl (C=O) groups is 2. The number of likely N-dealkylation sites (tertiary alicyclic amines) is 1. The molecule has 0 spiro atoms. The molecule has 1 saturated heterocycles. The number of hydrogen-bond donors (Lipinski definition) is 1. The van der Waals surface area contributed by atoms with Crippen LogP contribution in [0.2, 0.25) is 0 Å². The Morgan fingerprint density at radius 2 is 1.62 bits per heavy atom. The Morgan fingerprint density at radius 3 is 2.19 bits per heavy atom. The van der Waals surface area contributed by atoms with E-state index >= 15 is 0 Å². The van der Waals surface area contributed by atoms with Crippen LogP contribution < -0.4 is 5.73 Å². The summed E-state index contributed by atoms with van der Waals surface area (Å²) in [6.45, 7) is 1.75. The maximum atomic E-state index is 11.7. The molecule has 92 valence electrons. The van der Waals surface area contributed by atoms with E-state index in [2.05, 4.69) is 4.74 Å². The van der Waals surface area contributed by atoms with Gasteiger partial charge in [0.25, 0.3) is 0 Å². The number of hydrogen-bond acceptors (Lipinski definition) is 3. The summed E-state index contributed by atoms with van der Waals surface area (Å²) in [7, 11) is 0. The maximum absolute atomic E-state index is 11.7. The van der Waals surface area contributed by atoms with Crippen molar-refractivity contribution in [2.45, 2.75) is 38.5 Å². The van der Waals surface area contributed by atoms with Crippen LogP contribution in [0.25, 0.3) is 0 Å². The average Bonchev–Trinajstić information content (AvgIpc) is 2.15. The molecule has 16 heavy (non-hydrogen) atoms. The highest BCUT2D eigenvalue weighted by Crippen LogP contribution is 2.11. The SMILES string of the molecule is NC(=O)OCCC(=O)N1CCCCCCC1. The fourth-order valence-corrected chi connectivity index (χ4v) is 1.89. The van der Waals surface area contributed by atoms with Gasteiger partial charge >= 0.3 is 6.09 Å². The van der Waals surface area contributed by atoms with Crippen molar-refractivity contribution < 1.29 is 14.3 Å². The summed E-state index contributed by atoms with van der Waals surface area (Å²) in [6.07, 6.45) is 5.23. The Balaban J connectivity index is 2.24. The van der Waals surface area contributed by atoms with Crippen LogP contribution in [0, 0.1) is 0 Å². The number of ether oxygens (including phenoxy) is 1. The first-order valence-corrected chi connectivity index (χ1v) is 5.90. The molecule has 2 N–H and O–H groups in total. The Hall–Kier alpha value is -1.26. The molecule has 0 bridgehead atoms. The maximum Gasteiger partial charge on any atom is 0.404 e. The van der Waals surface area contributed by atoms with E-state index in [9.17, 15) is 9.59 Å². The zero-order chi connectivity index (χ0) is 11.8. The second-order valence-electron chi connectivity index (χ2n) is 4.07. The molecular weight excluding hydrogens is 208 g/mol. The number of carbonyl (C=O) groups excluding carboxylic acids is 2. The van der Waals surface area contributed by atoms with E-state index in [4.69, 9.17) is 5.73 Å². The van der Waals surface area contributed by atoms with Gasteiger partial charge in [-0.25, -0.2) is 4.79 Å². The van der Waals surface area contributed by atoms with Gasteiger partial charge in [-0.05, 0) is 12.8 Å². The number of primary amides is 1. The van der Waals surface area contributed by atoms with Crippen molar-refractivity contribution >= 4 is 12.0 Å². The van der Waals surface area contributed by atoms with Crippen LogP contribution in [-0.2, 0) is 9.53 Å². The minimum Gasteiger partial charge on any atom is -0.449 e. The fourth-order valence-electron chi connectivity index (χ4n) is 1.89. The van der Waals surface area contributed by atoms with Gasteiger partial charge in [0.2, 0.25) is 5.91 Å². The molecule has 0 aromatic heterocycles. The summed E-state index contributed by atoms with van der Waals surface area (Å²) >= 11 is 0. The lowest BCUT2D eigenvalue weighted by Gasteiger charge is -2.24. The van der Waals surface area contributed by atoms with E-state index in [1.54, 1.807) is 0 Å². The summed E-state index contributed by atoms with van der Waals surface area (Å²) < 4.78 is 4.55. The van der Waals surface area contributed by atoms with E-state index < -0.39 is 6.09 Å². The average molecular weight is 228 g/mol. The third-order valence-electron chi connectivity index (χ3n) is 2.77. The number of amides is 2. The van der Waals surface area contributed by atoms with Gasteiger partial charge in [0.15, 0.2) is 0 Å². The molecule has 0 aliphatic carbocycles. The molecule has 5 nitrogen and oxygen atoms in total. The van der Waals surface area contributed by atoms with Crippen LogP contribution >= 0.6 is 0 Å². The molecule has 1 aliphatic rings. The van der Waals surface area contributed by atoms with Crippen LogP contribution in [-0.4, -0.2) is 36.6 Å². The summed E-state index contributed by atoms with van der Waals surface area (Å²) in [6, 6.07) is 0. The third-order valence-corrected chi connectivity index (χ3v) is 2.77. The largest absolute Gasteiger partial charge is 0.449 e. The van der Waals surface area contributed by atoms with E-state index in [0.717, 1.165) is 25.9 Å². The minimum atomic E-state index is -0.819. The molecule has 1 heterocycles. The van der Waals surface area contributed by atoms with Crippen molar-refractivity contribution in [2.75, 3.05) is 19.7 Å². The lowest BCUT2D eigenvalue weighted by molar-refractivity contribution is -0.132. The van der Waals surface area contributed by atoms with E-state index in [0.29, 0.717) is 0 Å². The van der Waals surface area contributed by atoms with Gasteiger partial charge < -0.3 is 15.4 Å². The van der Waals surface area contributed by atoms with Crippen LogP contribution in [0.15, 0.2) is 0 Å². The molecule has 0 atom stereocenters. The standard InChI is InChI=1S/C11H20N2O3/c12-11(15)16-9-6-10(14)13-7-4-2-1-3-5-8-13/h1-9H2,(H2,12,15). The number of rotatable bonds is 3. The second-order valence-corrected chi connectivity index (χ2v) is 4.07. The quantitative estimate of drug-likeness (QED) is 0.790. The van der Waals surface area contributed by atoms with Crippen LogP contribution in [0.4, 0.5) is 4.79 Å². The van der Waals surface area contributed by atoms with Crippen molar-refractivity contribution in [3.05, 3.63) is 0 Å². The van der Waals surface area contributed by atoms with Crippen LogP contribution in [0.3, 0.4) is 0 Å². The van der Waals surface area contributed by atoms with Gasteiger partial charge in [-0.1, -0.05) is 19.3 Å². The van der Waals surface area contributed by atoms with E-state index in [1.807, 2.05) is 4.90 Å². The van der Waals surface area contributed by atoms with Gasteiger partial charge in [-0.2, -0.15) is 0 Å². The minimum absolute atomic E-state index is 0.0585. The van der Waals surface area contributed by atoms with Gasteiger partial charge in [0, 0.05) is 13.1 Å². The fraction of sp³-hybridized carbons (Fsp3) is 0.818. The molecule has 1 aliphatic heterocycles. The van der Waals surface area contributed by atoms with Crippen LogP contribution in [0.5, 0.6) is 0 Å². The van der Waals surface area contributed by atoms with Crippen molar-refractivity contribution in [2.24, 2.45) is 5.73 Å². The predicted octanol–water partition coefficient (Wildman–Crippen LogP) is 1.26. The summed E-state index contributed by atoms with van der Waals surface area (Å²) in [5.74, 6) is 0.0585. The first-order chi connectivity index (χ1) is 7.70. The molecule has 0 unspecified atom stereocenters. The lowest BCUT2D eigenvalue weighted by Crippen LogP contribution is -2.34. The molecule has 2 amide bonds. The number of nitrogens with two attached hydrogens (primary N) is 1. The zero-order valence-electron chi connectivity index (χ0n) is 9.61. The molecule has 5 heteroatoms. The van der Waals surface area contributed by atoms with Crippen molar-refractivity contribution in [3.8, 4) is 0 Å². The summed E-state index contributed by atoms with van der Waals surface area (Å²) in [5.41, 5.74) is 4.82. The topological polar surface area (TPSA) is 72.6 Å². The highest BCUT2D eigenvalue weighted by atomic mass is 16.5. The lowest BCUT2D eigenvalue weighted by atomic mass is 10.1. The van der Waals surface area contributed by atoms with E-state index in [1.165, 1.54) is 19.3 Å². The zero-order valence-corrected chi connectivity index (χ0v) is 9.61.